The standard InChI is InChI=1S/C23H25FN6O3/c1-23-9-8-14(11-30(23)3)19(20(23)24)33-18-7-6-16(27-28-18)15-5-4-13(10-17(15)31)21-25-12-29(2)22(32)26-21/h4-7,10,12,14,19-20,31H,8-9,11H2,1-3H3/t14-,19+,20-,23-/m1/s1. The van der Waals surface area contributed by atoms with Gasteiger partial charge in [0.2, 0.25) is 5.88 Å². The van der Waals surface area contributed by atoms with Gasteiger partial charge < -0.3 is 9.84 Å². The van der Waals surface area contributed by atoms with Crippen molar-refractivity contribution in [1.29, 1.82) is 0 Å². The summed E-state index contributed by atoms with van der Waals surface area (Å²) < 4.78 is 22.4. The summed E-state index contributed by atoms with van der Waals surface area (Å²) >= 11 is 0. The van der Waals surface area contributed by atoms with Crippen molar-refractivity contribution in [3.8, 4) is 34.3 Å². The molecule has 2 aromatic heterocycles. The van der Waals surface area contributed by atoms with Gasteiger partial charge in [-0.3, -0.25) is 9.47 Å². The zero-order valence-electron chi connectivity index (χ0n) is 18.6. The number of piperidine rings is 2. The molecule has 9 nitrogen and oxygen atoms in total. The van der Waals surface area contributed by atoms with Crippen molar-refractivity contribution in [2.24, 2.45) is 13.0 Å². The maximum atomic E-state index is 15.2. The minimum Gasteiger partial charge on any atom is -0.507 e. The van der Waals surface area contributed by atoms with Gasteiger partial charge in [0.15, 0.2) is 12.0 Å². The Kier molecular flexibility index (Phi) is 5.12. The predicted molar refractivity (Wildman–Crippen MR) is 118 cm³/mol. The number of benzene rings is 1. The quantitative estimate of drug-likeness (QED) is 0.642. The van der Waals surface area contributed by atoms with Crippen LogP contribution in [0.3, 0.4) is 0 Å². The molecular formula is C23H25FN6O3. The number of alkyl halides is 1. The number of phenolic OH excluding ortho intramolecular Hbond substituents is 1. The molecule has 2 aliphatic heterocycles. The molecule has 0 amide bonds. The van der Waals surface area contributed by atoms with E-state index in [1.807, 2.05) is 14.0 Å². The molecule has 10 heteroatoms. The van der Waals surface area contributed by atoms with Crippen LogP contribution in [0.5, 0.6) is 11.6 Å². The molecule has 2 saturated heterocycles. The number of hydrogen-bond donors (Lipinski definition) is 1. The highest BCUT2D eigenvalue weighted by atomic mass is 19.1. The monoisotopic (exact) mass is 452 g/mol. The van der Waals surface area contributed by atoms with Gasteiger partial charge in [-0.2, -0.15) is 4.98 Å². The van der Waals surface area contributed by atoms with E-state index in [0.29, 0.717) is 16.8 Å². The highest BCUT2D eigenvalue weighted by Crippen LogP contribution is 2.45. The second-order valence-electron chi connectivity index (χ2n) is 9.08. The zero-order valence-corrected chi connectivity index (χ0v) is 18.6. The van der Waals surface area contributed by atoms with E-state index in [0.717, 1.165) is 19.4 Å². The second-order valence-corrected chi connectivity index (χ2v) is 9.08. The largest absolute Gasteiger partial charge is 0.507 e. The first-order chi connectivity index (χ1) is 15.8. The molecule has 1 saturated carbocycles. The molecule has 4 atom stereocenters. The van der Waals surface area contributed by atoms with Crippen LogP contribution in [0.1, 0.15) is 19.8 Å². The summed E-state index contributed by atoms with van der Waals surface area (Å²) in [7, 11) is 3.52. The summed E-state index contributed by atoms with van der Waals surface area (Å²) in [6.45, 7) is 2.74. The fraction of sp³-hybridized carbons (Fsp3) is 0.435. The number of aromatic nitrogens is 5. The minimum atomic E-state index is -1.11. The molecule has 1 aromatic carbocycles. The van der Waals surface area contributed by atoms with Crippen LogP contribution in [0, 0.1) is 5.92 Å². The van der Waals surface area contributed by atoms with Crippen LogP contribution in [-0.4, -0.2) is 66.1 Å². The summed E-state index contributed by atoms with van der Waals surface area (Å²) in [5.41, 5.74) is 0.433. The molecule has 1 aliphatic carbocycles. The van der Waals surface area contributed by atoms with Gasteiger partial charge in [0.05, 0.1) is 11.2 Å². The first-order valence-corrected chi connectivity index (χ1v) is 10.9. The van der Waals surface area contributed by atoms with Gasteiger partial charge in [0, 0.05) is 36.7 Å². The number of phenols is 1. The SMILES string of the molecule is CN1C[C@H]2CC[C@]1(C)[C@H](F)[C@H]2Oc1ccc(-c2ccc(-c3ncn(C)c(=O)n3)cc2O)nn1. The van der Waals surface area contributed by atoms with Gasteiger partial charge in [-0.05, 0) is 45.0 Å². The van der Waals surface area contributed by atoms with Gasteiger partial charge in [-0.25, -0.2) is 14.2 Å². The van der Waals surface area contributed by atoms with Crippen molar-refractivity contribution in [3.63, 3.8) is 0 Å². The lowest BCUT2D eigenvalue weighted by atomic mass is 9.68. The molecule has 33 heavy (non-hydrogen) atoms. The Morgan fingerprint density at radius 2 is 2.03 bits per heavy atom. The Hall–Kier alpha value is -3.40. The van der Waals surface area contributed by atoms with Crippen molar-refractivity contribution in [2.75, 3.05) is 13.6 Å². The normalized spacial score (nSPS) is 27.0. The number of aryl methyl sites for hydroxylation is 1. The number of fused-ring (bicyclic) bond motifs is 3. The Labute approximate surface area is 189 Å². The van der Waals surface area contributed by atoms with Crippen LogP contribution in [0.25, 0.3) is 22.6 Å². The highest BCUT2D eigenvalue weighted by molar-refractivity contribution is 5.71. The van der Waals surface area contributed by atoms with Gasteiger partial charge in [0.1, 0.15) is 18.2 Å². The number of halogens is 1. The molecular weight excluding hydrogens is 427 g/mol. The van der Waals surface area contributed by atoms with Gasteiger partial charge >= 0.3 is 5.69 Å². The highest BCUT2D eigenvalue weighted by Gasteiger charge is 2.55. The number of rotatable bonds is 4. The molecule has 0 unspecified atom stereocenters. The maximum Gasteiger partial charge on any atom is 0.350 e. The van der Waals surface area contributed by atoms with Gasteiger partial charge in [0.25, 0.3) is 0 Å². The predicted octanol–water partition coefficient (Wildman–Crippen LogP) is 2.20. The van der Waals surface area contributed by atoms with E-state index in [9.17, 15) is 9.90 Å². The molecule has 172 valence electrons. The van der Waals surface area contributed by atoms with E-state index >= 15 is 4.39 Å². The maximum absolute atomic E-state index is 15.2. The van der Waals surface area contributed by atoms with E-state index in [4.69, 9.17) is 4.74 Å². The Bertz CT molecular complexity index is 1250. The summed E-state index contributed by atoms with van der Waals surface area (Å²) in [6.07, 6.45) is 1.46. The van der Waals surface area contributed by atoms with Crippen molar-refractivity contribution in [2.45, 2.75) is 37.6 Å². The Morgan fingerprint density at radius 3 is 2.70 bits per heavy atom. The summed E-state index contributed by atoms with van der Waals surface area (Å²) in [5, 5.41) is 18.8. The summed E-state index contributed by atoms with van der Waals surface area (Å²) in [5.74, 6) is 0.539. The molecule has 6 rings (SSSR count). The average molecular weight is 452 g/mol. The lowest BCUT2D eigenvalue weighted by Crippen LogP contribution is -2.68. The smallest absolute Gasteiger partial charge is 0.350 e. The van der Waals surface area contributed by atoms with Gasteiger partial charge in [-0.15, -0.1) is 10.2 Å². The van der Waals surface area contributed by atoms with Crippen molar-refractivity contribution >= 4 is 0 Å². The third kappa shape index (κ3) is 3.64. The first kappa shape index (κ1) is 21.4. The van der Waals surface area contributed by atoms with Crippen LogP contribution >= 0.6 is 0 Å². The van der Waals surface area contributed by atoms with E-state index < -0.39 is 23.5 Å². The van der Waals surface area contributed by atoms with Crippen molar-refractivity contribution in [1.82, 2.24) is 29.6 Å². The molecule has 2 bridgehead atoms. The first-order valence-electron chi connectivity index (χ1n) is 10.9. The molecule has 3 fully saturated rings. The minimum absolute atomic E-state index is 0.0517. The number of nitrogens with zero attached hydrogens (tertiary/aromatic N) is 6. The van der Waals surface area contributed by atoms with Crippen LogP contribution in [0.4, 0.5) is 4.39 Å². The third-order valence-corrected chi connectivity index (χ3v) is 7.03. The topological polar surface area (TPSA) is 106 Å². The molecule has 1 N–H and O–H groups in total. The van der Waals surface area contributed by atoms with Crippen LogP contribution in [0.15, 0.2) is 41.5 Å². The zero-order chi connectivity index (χ0) is 23.3. The second kappa shape index (κ2) is 7.87. The van der Waals surface area contributed by atoms with E-state index in [1.54, 1.807) is 31.3 Å². The fourth-order valence-corrected chi connectivity index (χ4v) is 4.77. The number of hydrogen-bond acceptors (Lipinski definition) is 8. The molecule has 3 aromatic rings. The van der Waals surface area contributed by atoms with E-state index in [-0.39, 0.29) is 23.4 Å². The average Bonchev–Trinajstić information content (AvgIpc) is 2.80. The van der Waals surface area contributed by atoms with Gasteiger partial charge in [-0.1, -0.05) is 6.07 Å². The van der Waals surface area contributed by atoms with Crippen LogP contribution in [0.2, 0.25) is 0 Å². The summed E-state index contributed by atoms with van der Waals surface area (Å²) in [6, 6.07) is 8.14. The molecule has 3 aliphatic rings. The molecule has 0 radical (unpaired) electrons. The van der Waals surface area contributed by atoms with Crippen LogP contribution < -0.4 is 10.4 Å². The van der Waals surface area contributed by atoms with Crippen molar-refractivity contribution < 1.29 is 14.2 Å². The lowest BCUT2D eigenvalue weighted by Gasteiger charge is -2.56. The summed E-state index contributed by atoms with van der Waals surface area (Å²) in [4.78, 5) is 21.8. The van der Waals surface area contributed by atoms with Crippen molar-refractivity contribution in [3.05, 3.63) is 47.1 Å². The van der Waals surface area contributed by atoms with E-state index in [1.165, 1.54) is 17.0 Å². The van der Waals surface area contributed by atoms with E-state index in [2.05, 4.69) is 25.1 Å². The molecule has 4 heterocycles. The van der Waals surface area contributed by atoms with Crippen LogP contribution in [-0.2, 0) is 7.05 Å². The third-order valence-electron chi connectivity index (χ3n) is 7.03. The Balaban J connectivity index is 1.34. The molecule has 0 spiro atoms. The number of aromatic hydroxyl groups is 1. The Morgan fingerprint density at radius 1 is 1.21 bits per heavy atom. The lowest BCUT2D eigenvalue weighted by molar-refractivity contribution is -0.136. The fourth-order valence-electron chi connectivity index (χ4n) is 4.77. The number of ether oxygens (including phenoxy) is 1.